The van der Waals surface area contributed by atoms with Gasteiger partial charge in [0, 0.05) is 38.8 Å². The van der Waals surface area contributed by atoms with Crippen molar-refractivity contribution in [1.82, 2.24) is 19.1 Å². The predicted molar refractivity (Wildman–Crippen MR) is 126 cm³/mol. The van der Waals surface area contributed by atoms with E-state index in [1.165, 1.54) is 22.0 Å². The van der Waals surface area contributed by atoms with Crippen LogP contribution in [0.4, 0.5) is 11.9 Å². The van der Waals surface area contributed by atoms with Crippen molar-refractivity contribution < 1.29 is 17.9 Å². The molecule has 1 N–H and O–H groups in total. The number of ether oxygens (including phenoxy) is 1. The molecule has 1 fully saturated rings. The van der Waals surface area contributed by atoms with Crippen molar-refractivity contribution in [2.24, 2.45) is 7.05 Å². The summed E-state index contributed by atoms with van der Waals surface area (Å²) < 4.78 is 35.0. The van der Waals surface area contributed by atoms with Gasteiger partial charge in [-0.25, -0.2) is 13.1 Å². The fraction of sp³-hybridized carbons (Fsp3) is 0.348. The van der Waals surface area contributed by atoms with E-state index in [2.05, 4.69) is 15.4 Å². The number of hydrogen-bond acceptors (Lipinski definition) is 7. The molecule has 0 unspecified atom stereocenters. The number of carbonyl (C=O) groups excluding carboxylic acids is 1. The van der Waals surface area contributed by atoms with E-state index in [0.29, 0.717) is 51.8 Å². The van der Waals surface area contributed by atoms with Crippen LogP contribution in [0.15, 0.2) is 53.4 Å². The molecule has 34 heavy (non-hydrogen) atoms. The van der Waals surface area contributed by atoms with Crippen LogP contribution in [0.25, 0.3) is 0 Å². The second kappa shape index (κ2) is 9.16. The van der Waals surface area contributed by atoms with Gasteiger partial charge >= 0.3 is 0 Å². The van der Waals surface area contributed by atoms with Crippen molar-refractivity contribution in [3.05, 3.63) is 65.2 Å². The summed E-state index contributed by atoms with van der Waals surface area (Å²) in [6.07, 6.45) is 0.659. The maximum atomic E-state index is 13.3. The number of hydrogen-bond donors (Lipinski definition) is 1. The van der Waals surface area contributed by atoms with Crippen LogP contribution in [-0.2, 0) is 34.8 Å². The first-order valence-electron chi connectivity index (χ1n) is 11.1. The number of rotatable bonds is 5. The van der Waals surface area contributed by atoms with Gasteiger partial charge in [0.2, 0.25) is 16.0 Å². The van der Waals surface area contributed by atoms with Crippen molar-refractivity contribution in [3.63, 3.8) is 0 Å². The van der Waals surface area contributed by atoms with Crippen molar-refractivity contribution in [2.75, 3.05) is 43.1 Å². The first-order valence-corrected chi connectivity index (χ1v) is 12.6. The minimum atomic E-state index is -3.75. The maximum Gasteiger partial charge on any atom is 0.258 e. The molecule has 1 amide bonds. The largest absolute Gasteiger partial charge is 0.378 e. The number of anilines is 2. The Morgan fingerprint density at radius 1 is 1.03 bits per heavy atom. The van der Waals surface area contributed by atoms with E-state index in [-0.39, 0.29) is 16.4 Å². The molecule has 0 bridgehead atoms. The molecule has 2 aliphatic rings. The lowest BCUT2D eigenvalue weighted by Gasteiger charge is -2.28. The van der Waals surface area contributed by atoms with E-state index in [1.54, 1.807) is 23.9 Å². The van der Waals surface area contributed by atoms with Crippen molar-refractivity contribution in [3.8, 4) is 0 Å². The zero-order valence-corrected chi connectivity index (χ0v) is 19.7. The monoisotopic (exact) mass is 482 g/mol. The summed E-state index contributed by atoms with van der Waals surface area (Å²) in [6.45, 7) is 3.33. The van der Waals surface area contributed by atoms with Gasteiger partial charge in [0.1, 0.15) is 0 Å². The normalized spacial score (nSPS) is 16.8. The van der Waals surface area contributed by atoms with Gasteiger partial charge in [0.05, 0.1) is 18.1 Å². The fourth-order valence-electron chi connectivity index (χ4n) is 4.26. The topological polar surface area (TPSA) is 110 Å². The number of amides is 1. The molecule has 2 aromatic carbocycles. The minimum Gasteiger partial charge on any atom is -0.378 e. The molecule has 0 saturated carbocycles. The van der Waals surface area contributed by atoms with Gasteiger partial charge in [0.15, 0.2) is 0 Å². The van der Waals surface area contributed by atoms with Gasteiger partial charge in [-0.3, -0.25) is 10.1 Å². The van der Waals surface area contributed by atoms with Crippen LogP contribution < -0.4 is 10.2 Å². The predicted octanol–water partition coefficient (Wildman–Crippen LogP) is 1.65. The summed E-state index contributed by atoms with van der Waals surface area (Å²) in [5.74, 6) is 0.329. The summed E-state index contributed by atoms with van der Waals surface area (Å²) in [5, 5.41) is 6.96. The van der Waals surface area contributed by atoms with Crippen molar-refractivity contribution >= 4 is 27.8 Å². The second-order valence-electron chi connectivity index (χ2n) is 8.30. The fourth-order valence-corrected chi connectivity index (χ4v) is 5.73. The molecule has 11 heteroatoms. The molecule has 1 aromatic heterocycles. The molecule has 0 atom stereocenters. The van der Waals surface area contributed by atoms with Crippen LogP contribution in [0.3, 0.4) is 0 Å². The summed E-state index contributed by atoms with van der Waals surface area (Å²) in [6, 6.07) is 13.9. The van der Waals surface area contributed by atoms with E-state index < -0.39 is 15.9 Å². The lowest BCUT2D eigenvalue weighted by atomic mass is 10.0. The lowest BCUT2D eigenvalue weighted by Crippen LogP contribution is -2.37. The molecular weight excluding hydrogens is 456 g/mol. The first-order chi connectivity index (χ1) is 16.4. The zero-order valence-electron chi connectivity index (χ0n) is 18.8. The third-order valence-corrected chi connectivity index (χ3v) is 7.93. The second-order valence-corrected chi connectivity index (χ2v) is 10.2. The van der Waals surface area contributed by atoms with Crippen LogP contribution in [0.2, 0.25) is 0 Å². The van der Waals surface area contributed by atoms with Crippen LogP contribution >= 0.6 is 0 Å². The number of benzene rings is 2. The Kier molecular flexibility index (Phi) is 6.07. The van der Waals surface area contributed by atoms with Crippen LogP contribution in [-0.4, -0.2) is 66.2 Å². The van der Waals surface area contributed by atoms with E-state index >= 15 is 0 Å². The molecule has 1 saturated heterocycles. The maximum absolute atomic E-state index is 13.3. The van der Waals surface area contributed by atoms with Gasteiger partial charge in [-0.15, -0.1) is 5.10 Å². The number of nitrogens with one attached hydrogen (secondary N) is 1. The van der Waals surface area contributed by atoms with E-state index in [1.807, 2.05) is 29.2 Å². The molecule has 3 heterocycles. The molecule has 5 rings (SSSR count). The average Bonchev–Trinajstić information content (AvgIpc) is 3.24. The first kappa shape index (κ1) is 22.5. The Balaban J connectivity index is 1.32. The standard InChI is InChI=1S/C23H26N6O4S/c1-27-23(28-11-13-33-14-12-28)25-22(26-27)24-21(30)18-7-4-8-20(15-18)34(31,32)29-10-9-17-5-2-3-6-19(17)16-29/h2-8,15H,9-14,16H2,1H3,(H,24,26,30). The van der Waals surface area contributed by atoms with Crippen molar-refractivity contribution in [1.29, 1.82) is 0 Å². The van der Waals surface area contributed by atoms with Gasteiger partial charge in [-0.2, -0.15) is 9.29 Å². The third kappa shape index (κ3) is 4.41. The third-order valence-electron chi connectivity index (χ3n) is 6.09. The van der Waals surface area contributed by atoms with Crippen LogP contribution in [0.1, 0.15) is 21.5 Å². The molecule has 0 spiro atoms. The smallest absolute Gasteiger partial charge is 0.258 e. The van der Waals surface area contributed by atoms with Crippen LogP contribution in [0, 0.1) is 0 Å². The molecule has 3 aromatic rings. The summed E-state index contributed by atoms with van der Waals surface area (Å²) in [5.41, 5.74) is 2.39. The highest BCUT2D eigenvalue weighted by atomic mass is 32.2. The summed E-state index contributed by atoms with van der Waals surface area (Å²) in [4.78, 5) is 19.4. The Morgan fingerprint density at radius 3 is 2.59 bits per heavy atom. The SMILES string of the molecule is Cn1nc(NC(=O)c2cccc(S(=O)(=O)N3CCc4ccccc4C3)c2)nc1N1CCOCC1. The summed E-state index contributed by atoms with van der Waals surface area (Å²) in [7, 11) is -1.99. The highest BCUT2D eigenvalue weighted by Crippen LogP contribution is 2.25. The van der Waals surface area contributed by atoms with Gasteiger partial charge < -0.3 is 9.64 Å². The zero-order chi connectivity index (χ0) is 23.7. The number of fused-ring (bicyclic) bond motifs is 1. The highest BCUT2D eigenvalue weighted by Gasteiger charge is 2.29. The van der Waals surface area contributed by atoms with Crippen molar-refractivity contribution in [2.45, 2.75) is 17.9 Å². The number of morpholine rings is 1. The molecular formula is C23H26N6O4S. The van der Waals surface area contributed by atoms with Gasteiger partial charge in [0.25, 0.3) is 11.9 Å². The Labute approximate surface area is 198 Å². The Hall–Kier alpha value is -3.28. The molecule has 2 aliphatic heterocycles. The lowest BCUT2D eigenvalue weighted by molar-refractivity contribution is 0.102. The minimum absolute atomic E-state index is 0.0857. The Bertz CT molecular complexity index is 1320. The average molecular weight is 483 g/mol. The van der Waals surface area contributed by atoms with Gasteiger partial charge in [-0.05, 0) is 35.7 Å². The quantitative estimate of drug-likeness (QED) is 0.589. The van der Waals surface area contributed by atoms with E-state index in [4.69, 9.17) is 4.74 Å². The molecule has 0 aliphatic carbocycles. The van der Waals surface area contributed by atoms with Crippen LogP contribution in [0.5, 0.6) is 0 Å². The number of aryl methyl sites for hydroxylation is 1. The Morgan fingerprint density at radius 2 is 1.79 bits per heavy atom. The number of aromatic nitrogens is 3. The molecule has 0 radical (unpaired) electrons. The van der Waals surface area contributed by atoms with Gasteiger partial charge in [-0.1, -0.05) is 30.3 Å². The molecule has 178 valence electrons. The summed E-state index contributed by atoms with van der Waals surface area (Å²) >= 11 is 0. The number of sulfonamides is 1. The van der Waals surface area contributed by atoms with E-state index in [9.17, 15) is 13.2 Å². The number of carbonyl (C=O) groups is 1. The number of nitrogens with zero attached hydrogens (tertiary/aromatic N) is 5. The highest BCUT2D eigenvalue weighted by molar-refractivity contribution is 7.89. The van der Waals surface area contributed by atoms with E-state index in [0.717, 1.165) is 5.56 Å². The molecule has 10 nitrogen and oxygen atoms in total.